The zero-order chi connectivity index (χ0) is 7.44. The zero-order valence-electron chi connectivity index (χ0n) is 5.54. The minimum Gasteiger partial charge on any atom is -0.370 e. The maximum Gasteiger partial charge on any atom is 0.234 e. The molecule has 0 radical (unpaired) electrons. The molecule has 9 N–H and O–H groups in total. The SMILES string of the molecule is N.NC(=O)CC(N)C(N)=O. The van der Waals surface area contributed by atoms with Crippen LogP contribution in [0, 0.1) is 0 Å². The molecule has 6 heteroatoms. The Kier molecular flexibility index (Phi) is 5.48. The third kappa shape index (κ3) is 5.01. The Morgan fingerprint density at radius 1 is 1.30 bits per heavy atom. The van der Waals surface area contributed by atoms with Gasteiger partial charge in [-0.1, -0.05) is 0 Å². The Morgan fingerprint density at radius 2 is 1.70 bits per heavy atom. The van der Waals surface area contributed by atoms with Crippen LogP contribution in [0.5, 0.6) is 0 Å². The van der Waals surface area contributed by atoms with Crippen molar-refractivity contribution in [1.82, 2.24) is 6.15 Å². The molecule has 0 aromatic rings. The van der Waals surface area contributed by atoms with E-state index >= 15 is 0 Å². The van der Waals surface area contributed by atoms with Crippen molar-refractivity contribution in [2.75, 3.05) is 0 Å². The summed E-state index contributed by atoms with van der Waals surface area (Å²) in [6.45, 7) is 0. The van der Waals surface area contributed by atoms with E-state index in [0.717, 1.165) is 0 Å². The first-order valence-electron chi connectivity index (χ1n) is 2.37. The molecule has 1 unspecified atom stereocenters. The van der Waals surface area contributed by atoms with Crippen molar-refractivity contribution in [3.8, 4) is 0 Å². The molecule has 0 fully saturated rings. The van der Waals surface area contributed by atoms with Crippen LogP contribution in [-0.4, -0.2) is 17.9 Å². The van der Waals surface area contributed by atoms with Crippen molar-refractivity contribution < 1.29 is 9.59 Å². The van der Waals surface area contributed by atoms with E-state index in [-0.39, 0.29) is 12.6 Å². The lowest BCUT2D eigenvalue weighted by atomic mass is 10.2. The molecular formula is C4H12N4O2. The van der Waals surface area contributed by atoms with Crippen molar-refractivity contribution in [2.45, 2.75) is 12.5 Å². The van der Waals surface area contributed by atoms with E-state index < -0.39 is 17.9 Å². The van der Waals surface area contributed by atoms with Gasteiger partial charge in [0.25, 0.3) is 0 Å². The molecule has 10 heavy (non-hydrogen) atoms. The predicted octanol–water partition coefficient (Wildman–Crippen LogP) is -2.16. The highest BCUT2D eigenvalue weighted by Gasteiger charge is 2.10. The van der Waals surface area contributed by atoms with Gasteiger partial charge in [0.2, 0.25) is 11.8 Å². The zero-order valence-corrected chi connectivity index (χ0v) is 5.54. The number of primary amides is 2. The Morgan fingerprint density at radius 3 is 1.80 bits per heavy atom. The van der Waals surface area contributed by atoms with Gasteiger partial charge in [-0.2, -0.15) is 0 Å². The van der Waals surface area contributed by atoms with Crippen LogP contribution in [0.4, 0.5) is 0 Å². The first-order valence-corrected chi connectivity index (χ1v) is 2.37. The highest BCUT2D eigenvalue weighted by Crippen LogP contribution is 1.82. The summed E-state index contributed by atoms with van der Waals surface area (Å²) in [4.78, 5) is 20.2. The van der Waals surface area contributed by atoms with Crippen molar-refractivity contribution in [3.05, 3.63) is 0 Å². The fourth-order valence-corrected chi connectivity index (χ4v) is 0.317. The second-order valence-electron chi connectivity index (χ2n) is 1.68. The van der Waals surface area contributed by atoms with Crippen LogP contribution in [-0.2, 0) is 9.59 Å². The van der Waals surface area contributed by atoms with Crippen LogP contribution in [0.2, 0.25) is 0 Å². The molecule has 0 saturated heterocycles. The topological polar surface area (TPSA) is 147 Å². The number of amides is 2. The van der Waals surface area contributed by atoms with E-state index in [2.05, 4.69) is 0 Å². The van der Waals surface area contributed by atoms with E-state index in [1.807, 2.05) is 0 Å². The Hall–Kier alpha value is -1.14. The Bertz CT molecular complexity index is 135. The highest BCUT2D eigenvalue weighted by atomic mass is 16.2. The number of nitrogens with two attached hydrogens (primary N) is 3. The van der Waals surface area contributed by atoms with Crippen LogP contribution in [0.3, 0.4) is 0 Å². The van der Waals surface area contributed by atoms with Gasteiger partial charge in [0.05, 0.1) is 12.5 Å². The molecule has 0 saturated carbocycles. The average Bonchev–Trinajstić information content (AvgIpc) is 1.63. The first-order chi connectivity index (χ1) is 4.04. The van der Waals surface area contributed by atoms with Gasteiger partial charge in [-0.25, -0.2) is 0 Å². The second-order valence-corrected chi connectivity index (χ2v) is 1.68. The third-order valence-corrected chi connectivity index (χ3v) is 0.787. The van der Waals surface area contributed by atoms with Crippen molar-refractivity contribution in [1.29, 1.82) is 0 Å². The summed E-state index contributed by atoms with van der Waals surface area (Å²) in [7, 11) is 0. The summed E-state index contributed by atoms with van der Waals surface area (Å²) in [5, 5.41) is 0. The highest BCUT2D eigenvalue weighted by molar-refractivity contribution is 5.86. The second kappa shape index (κ2) is 4.71. The molecule has 0 heterocycles. The molecule has 0 aromatic carbocycles. The molecule has 0 aliphatic rings. The lowest BCUT2D eigenvalue weighted by Gasteiger charge is -2.01. The lowest BCUT2D eigenvalue weighted by molar-refractivity contribution is -0.124. The molecular weight excluding hydrogens is 136 g/mol. The van der Waals surface area contributed by atoms with Gasteiger partial charge in [0.1, 0.15) is 0 Å². The number of hydrogen-bond acceptors (Lipinski definition) is 4. The van der Waals surface area contributed by atoms with E-state index in [1.165, 1.54) is 0 Å². The van der Waals surface area contributed by atoms with Crippen molar-refractivity contribution in [3.63, 3.8) is 0 Å². The van der Waals surface area contributed by atoms with Gasteiger partial charge in [0.15, 0.2) is 0 Å². The molecule has 6 nitrogen and oxygen atoms in total. The van der Waals surface area contributed by atoms with Crippen LogP contribution < -0.4 is 23.4 Å². The smallest absolute Gasteiger partial charge is 0.234 e. The summed E-state index contributed by atoms with van der Waals surface area (Å²) in [6, 6.07) is -0.942. The minimum absolute atomic E-state index is 0. The van der Waals surface area contributed by atoms with Crippen LogP contribution in [0.25, 0.3) is 0 Å². The Labute approximate surface area is 58.3 Å². The van der Waals surface area contributed by atoms with Gasteiger partial charge >= 0.3 is 0 Å². The van der Waals surface area contributed by atoms with E-state index in [1.54, 1.807) is 0 Å². The van der Waals surface area contributed by atoms with E-state index in [9.17, 15) is 9.59 Å². The normalized spacial score (nSPS) is 11.3. The predicted molar refractivity (Wildman–Crippen MR) is 36.0 cm³/mol. The maximum absolute atomic E-state index is 10.1. The Balaban J connectivity index is 0. The number of carbonyl (C=O) groups is 2. The van der Waals surface area contributed by atoms with Gasteiger partial charge in [-0.05, 0) is 0 Å². The van der Waals surface area contributed by atoms with E-state index in [4.69, 9.17) is 17.2 Å². The van der Waals surface area contributed by atoms with Gasteiger partial charge in [-0.15, -0.1) is 0 Å². The molecule has 0 aliphatic heterocycles. The largest absolute Gasteiger partial charge is 0.370 e. The summed E-state index contributed by atoms with van der Waals surface area (Å²) >= 11 is 0. The molecule has 0 aromatic heterocycles. The maximum atomic E-state index is 10.1. The lowest BCUT2D eigenvalue weighted by Crippen LogP contribution is -2.39. The summed E-state index contributed by atoms with van der Waals surface area (Å²) in [5.74, 6) is -1.34. The summed E-state index contributed by atoms with van der Waals surface area (Å²) in [6.07, 6.45) is -0.185. The number of carbonyl (C=O) groups excluding carboxylic acids is 2. The fourth-order valence-electron chi connectivity index (χ4n) is 0.317. The van der Waals surface area contributed by atoms with Crippen LogP contribution in [0.15, 0.2) is 0 Å². The van der Waals surface area contributed by atoms with Crippen molar-refractivity contribution in [2.24, 2.45) is 17.2 Å². The van der Waals surface area contributed by atoms with Crippen LogP contribution >= 0.6 is 0 Å². The first kappa shape index (κ1) is 11.6. The number of rotatable bonds is 3. The van der Waals surface area contributed by atoms with E-state index in [0.29, 0.717) is 0 Å². The summed E-state index contributed by atoms with van der Waals surface area (Å²) in [5.41, 5.74) is 14.5. The summed E-state index contributed by atoms with van der Waals surface area (Å²) < 4.78 is 0. The molecule has 1 atom stereocenters. The van der Waals surface area contributed by atoms with Gasteiger partial charge < -0.3 is 23.4 Å². The average molecular weight is 148 g/mol. The monoisotopic (exact) mass is 148 g/mol. The third-order valence-electron chi connectivity index (χ3n) is 0.787. The standard InChI is InChI=1S/C4H9N3O2.H3N/c5-2(4(7)9)1-3(6)8;/h2H,1,5H2,(H2,6,8)(H2,7,9);1H3. The van der Waals surface area contributed by atoms with Gasteiger partial charge in [0, 0.05) is 0 Å². The number of hydrogen-bond donors (Lipinski definition) is 4. The quantitative estimate of drug-likeness (QED) is 0.360. The molecule has 0 spiro atoms. The fraction of sp³-hybridized carbons (Fsp3) is 0.500. The molecule has 60 valence electrons. The minimum atomic E-state index is -0.942. The van der Waals surface area contributed by atoms with Crippen molar-refractivity contribution >= 4 is 11.8 Å². The molecule has 2 amide bonds. The molecule has 0 rings (SSSR count). The van der Waals surface area contributed by atoms with Gasteiger partial charge in [-0.3, -0.25) is 9.59 Å². The molecule has 0 bridgehead atoms. The van der Waals surface area contributed by atoms with Crippen LogP contribution in [0.1, 0.15) is 6.42 Å². The molecule has 0 aliphatic carbocycles.